The van der Waals surface area contributed by atoms with Gasteiger partial charge >= 0.3 is 0 Å². The molecule has 0 aliphatic rings. The Morgan fingerprint density at radius 3 is 2.89 bits per heavy atom. The second-order valence-electron chi connectivity index (χ2n) is 1.62. The molecule has 9 heavy (non-hydrogen) atoms. The quantitative estimate of drug-likeness (QED) is 0.481. The van der Waals surface area contributed by atoms with E-state index < -0.39 is 0 Å². The normalized spacial score (nSPS) is 9.00. The minimum Gasteiger partial charge on any atom is -0.497 e. The molecule has 0 aromatic carbocycles. The summed E-state index contributed by atoms with van der Waals surface area (Å²) in [6.07, 6.45) is 1.61. The topological polar surface area (TPSA) is 22.1 Å². The summed E-state index contributed by atoms with van der Waals surface area (Å²) in [7, 11) is 6.94. The number of hydrogen-bond acceptors (Lipinski definition) is 2. The number of pyridine rings is 1. The van der Waals surface area contributed by atoms with Crippen LogP contribution in [-0.2, 0) is 0 Å². The maximum Gasteiger partial charge on any atom is 0.141 e. The molecule has 0 saturated heterocycles. The average Bonchev–Trinajstić information content (AvgIpc) is 1.88. The molecule has 1 heterocycles. The van der Waals surface area contributed by atoms with Crippen LogP contribution in [0.2, 0.25) is 0 Å². The van der Waals surface area contributed by atoms with Crippen molar-refractivity contribution < 1.29 is 4.74 Å². The highest BCUT2D eigenvalue weighted by Crippen LogP contribution is 2.02. The Balaban J connectivity index is 2.94. The van der Waals surface area contributed by atoms with E-state index in [2.05, 4.69) is 4.98 Å². The van der Waals surface area contributed by atoms with E-state index in [9.17, 15) is 0 Å². The minimum absolute atomic E-state index is 0.481. The van der Waals surface area contributed by atoms with Gasteiger partial charge in [0.05, 0.1) is 7.11 Å². The summed E-state index contributed by atoms with van der Waals surface area (Å²) in [5.41, 5.74) is 0.481. The second kappa shape index (κ2) is 2.53. The number of hydrogen-bond donors (Lipinski definition) is 0. The largest absolute Gasteiger partial charge is 0.497 e. The lowest BCUT2D eigenvalue weighted by atomic mass is 10.0. The molecular formula is C6H6BNO. The summed E-state index contributed by atoms with van der Waals surface area (Å²) in [5.74, 6) is 0.738. The smallest absolute Gasteiger partial charge is 0.141 e. The fourth-order valence-electron chi connectivity index (χ4n) is 0.555. The molecule has 1 rings (SSSR count). The lowest BCUT2D eigenvalue weighted by Crippen LogP contribution is -2.06. The predicted octanol–water partition coefficient (Wildman–Crippen LogP) is -0.116. The number of nitrogens with zero attached hydrogens (tertiary/aromatic N) is 1. The van der Waals surface area contributed by atoms with Crippen LogP contribution in [0.15, 0.2) is 18.3 Å². The summed E-state index contributed by atoms with van der Waals surface area (Å²) < 4.78 is 4.88. The standard InChI is InChI=1S/C6H6BNO/c1-9-5-2-3-8-6(7)4-5/h2-4H,1H3. The number of aromatic nitrogens is 1. The van der Waals surface area contributed by atoms with Crippen molar-refractivity contribution in [2.45, 2.75) is 0 Å². The molecule has 3 heteroatoms. The Labute approximate surface area is 55.3 Å². The Kier molecular flexibility index (Phi) is 1.73. The Morgan fingerprint density at radius 2 is 2.44 bits per heavy atom. The zero-order valence-electron chi connectivity index (χ0n) is 5.16. The third-order valence-corrected chi connectivity index (χ3v) is 0.988. The third kappa shape index (κ3) is 1.45. The van der Waals surface area contributed by atoms with Crippen molar-refractivity contribution >= 4 is 13.4 Å². The molecular weight excluding hydrogens is 113 g/mol. The highest BCUT2D eigenvalue weighted by molar-refractivity contribution is 6.30. The van der Waals surface area contributed by atoms with Crippen LogP contribution in [0.5, 0.6) is 5.75 Å². The molecule has 0 amide bonds. The van der Waals surface area contributed by atoms with Gasteiger partial charge in [0.15, 0.2) is 0 Å². The van der Waals surface area contributed by atoms with Crippen molar-refractivity contribution in [1.29, 1.82) is 0 Å². The third-order valence-electron chi connectivity index (χ3n) is 0.988. The SMILES string of the molecule is [B]c1cc(OC)ccn1. The van der Waals surface area contributed by atoms with Gasteiger partial charge in [0.2, 0.25) is 0 Å². The van der Waals surface area contributed by atoms with E-state index >= 15 is 0 Å². The van der Waals surface area contributed by atoms with Gasteiger partial charge in [-0.25, -0.2) is 0 Å². The molecule has 0 aliphatic carbocycles. The highest BCUT2D eigenvalue weighted by atomic mass is 16.5. The molecule has 0 unspecified atom stereocenters. The van der Waals surface area contributed by atoms with E-state index in [0.717, 1.165) is 5.75 Å². The maximum absolute atomic E-state index is 5.34. The molecule has 2 nitrogen and oxygen atoms in total. The number of rotatable bonds is 1. The van der Waals surface area contributed by atoms with Crippen LogP contribution in [0, 0.1) is 0 Å². The van der Waals surface area contributed by atoms with Crippen molar-refractivity contribution in [3.63, 3.8) is 0 Å². The van der Waals surface area contributed by atoms with Crippen molar-refractivity contribution in [2.24, 2.45) is 0 Å². The monoisotopic (exact) mass is 119 g/mol. The summed E-state index contributed by atoms with van der Waals surface area (Å²) in [6.45, 7) is 0. The number of ether oxygens (including phenoxy) is 1. The highest BCUT2D eigenvalue weighted by Gasteiger charge is 1.87. The molecule has 44 valence electrons. The maximum atomic E-state index is 5.34. The first kappa shape index (κ1) is 6.14. The van der Waals surface area contributed by atoms with E-state index in [0.29, 0.717) is 5.59 Å². The van der Waals surface area contributed by atoms with Gasteiger partial charge in [0.1, 0.15) is 13.6 Å². The van der Waals surface area contributed by atoms with E-state index in [1.54, 1.807) is 25.4 Å². The minimum atomic E-state index is 0.481. The van der Waals surface area contributed by atoms with Gasteiger partial charge in [-0.1, -0.05) is 0 Å². The summed E-state index contributed by atoms with van der Waals surface area (Å²) in [6, 6.07) is 3.41. The summed E-state index contributed by atoms with van der Waals surface area (Å²) in [5, 5.41) is 0. The second-order valence-corrected chi connectivity index (χ2v) is 1.62. The van der Waals surface area contributed by atoms with Crippen LogP contribution in [0.25, 0.3) is 0 Å². The lowest BCUT2D eigenvalue weighted by molar-refractivity contribution is 0.414. The van der Waals surface area contributed by atoms with Gasteiger partial charge in [-0.15, -0.1) is 0 Å². The zero-order valence-corrected chi connectivity index (χ0v) is 5.16. The summed E-state index contributed by atoms with van der Waals surface area (Å²) >= 11 is 0. The Morgan fingerprint density at radius 1 is 1.67 bits per heavy atom. The first-order valence-electron chi connectivity index (χ1n) is 2.58. The first-order valence-corrected chi connectivity index (χ1v) is 2.58. The van der Waals surface area contributed by atoms with Crippen LogP contribution in [0.1, 0.15) is 0 Å². The molecule has 0 aliphatic heterocycles. The van der Waals surface area contributed by atoms with Crippen LogP contribution in [-0.4, -0.2) is 19.9 Å². The average molecular weight is 119 g/mol. The molecule has 0 bridgehead atoms. The van der Waals surface area contributed by atoms with Gasteiger partial charge in [-0.3, -0.25) is 4.98 Å². The van der Waals surface area contributed by atoms with Crippen molar-refractivity contribution in [3.8, 4) is 5.75 Å². The van der Waals surface area contributed by atoms with Gasteiger partial charge in [0.25, 0.3) is 0 Å². The van der Waals surface area contributed by atoms with E-state index in [4.69, 9.17) is 12.6 Å². The molecule has 0 N–H and O–H groups in total. The van der Waals surface area contributed by atoms with Gasteiger partial charge in [-0.2, -0.15) is 0 Å². The van der Waals surface area contributed by atoms with Crippen molar-refractivity contribution in [1.82, 2.24) is 4.98 Å². The van der Waals surface area contributed by atoms with E-state index in [1.165, 1.54) is 0 Å². The van der Waals surface area contributed by atoms with Crippen molar-refractivity contribution in [2.75, 3.05) is 7.11 Å². The predicted molar refractivity (Wildman–Crippen MR) is 36.2 cm³/mol. The molecule has 0 saturated carbocycles. The molecule has 1 aromatic rings. The molecule has 1 aromatic heterocycles. The van der Waals surface area contributed by atoms with Crippen LogP contribution < -0.4 is 10.3 Å². The van der Waals surface area contributed by atoms with Gasteiger partial charge in [-0.05, 0) is 17.7 Å². The fraction of sp³-hybridized carbons (Fsp3) is 0.167. The van der Waals surface area contributed by atoms with E-state index in [-0.39, 0.29) is 0 Å². The van der Waals surface area contributed by atoms with Gasteiger partial charge < -0.3 is 4.74 Å². The van der Waals surface area contributed by atoms with Crippen LogP contribution in [0.4, 0.5) is 0 Å². The first-order chi connectivity index (χ1) is 4.33. The Hall–Kier alpha value is -0.985. The van der Waals surface area contributed by atoms with Crippen molar-refractivity contribution in [3.05, 3.63) is 18.3 Å². The molecule has 0 atom stereocenters. The molecule has 0 spiro atoms. The van der Waals surface area contributed by atoms with E-state index in [1.807, 2.05) is 0 Å². The lowest BCUT2D eigenvalue weighted by Gasteiger charge is -1.97. The van der Waals surface area contributed by atoms with Gasteiger partial charge in [0, 0.05) is 6.20 Å². The van der Waals surface area contributed by atoms with Crippen LogP contribution >= 0.6 is 0 Å². The molecule has 0 fully saturated rings. The zero-order chi connectivity index (χ0) is 6.69. The van der Waals surface area contributed by atoms with Crippen LogP contribution in [0.3, 0.4) is 0 Å². The molecule has 2 radical (unpaired) electrons. The number of methoxy groups -OCH3 is 1. The Bertz CT molecular complexity index is 202. The summed E-state index contributed by atoms with van der Waals surface area (Å²) in [4.78, 5) is 3.79. The fourth-order valence-corrected chi connectivity index (χ4v) is 0.555.